The summed E-state index contributed by atoms with van der Waals surface area (Å²) in [6, 6.07) is 5.10. The van der Waals surface area contributed by atoms with Crippen molar-refractivity contribution in [3.05, 3.63) is 18.2 Å². The lowest BCUT2D eigenvalue weighted by Crippen LogP contribution is -2.35. The van der Waals surface area contributed by atoms with Gasteiger partial charge in [0.05, 0.1) is 18.2 Å². The molecule has 1 aliphatic rings. The predicted octanol–water partition coefficient (Wildman–Crippen LogP) is 2.74. The van der Waals surface area contributed by atoms with Crippen LogP contribution in [-0.4, -0.2) is 38.0 Å². The molecule has 0 unspecified atom stereocenters. The van der Waals surface area contributed by atoms with Crippen molar-refractivity contribution in [3.8, 4) is 5.75 Å². The van der Waals surface area contributed by atoms with Crippen LogP contribution < -0.4 is 15.0 Å². The fourth-order valence-electron chi connectivity index (χ4n) is 2.58. The monoisotopic (exact) mass is 362 g/mol. The molecule has 1 fully saturated rings. The van der Waals surface area contributed by atoms with Gasteiger partial charge < -0.3 is 19.7 Å². The number of esters is 1. The molecule has 0 aromatic heterocycles. The number of ether oxygens (including phenoxy) is 2. The van der Waals surface area contributed by atoms with Gasteiger partial charge >= 0.3 is 5.97 Å². The number of methoxy groups -OCH3 is 1. The van der Waals surface area contributed by atoms with E-state index in [1.54, 1.807) is 43.9 Å². The highest BCUT2D eigenvalue weighted by Gasteiger charge is 2.24. The summed E-state index contributed by atoms with van der Waals surface area (Å²) in [5.74, 6) is -0.305. The van der Waals surface area contributed by atoms with Gasteiger partial charge in [-0.3, -0.25) is 14.4 Å². The normalized spacial score (nSPS) is 14.8. The maximum Gasteiger partial charge on any atom is 0.311 e. The molecule has 1 saturated heterocycles. The molecule has 26 heavy (non-hydrogen) atoms. The topological polar surface area (TPSA) is 84.9 Å². The van der Waals surface area contributed by atoms with Crippen LogP contribution in [0.1, 0.15) is 40.0 Å². The maximum atomic E-state index is 12.1. The van der Waals surface area contributed by atoms with Crippen LogP contribution in [0, 0.1) is 5.41 Å². The lowest BCUT2D eigenvalue weighted by molar-refractivity contribution is -0.155. The van der Waals surface area contributed by atoms with Gasteiger partial charge in [0, 0.05) is 24.7 Å². The van der Waals surface area contributed by atoms with Crippen molar-refractivity contribution in [1.82, 2.24) is 0 Å². The van der Waals surface area contributed by atoms with Crippen LogP contribution in [0.4, 0.5) is 11.4 Å². The van der Waals surface area contributed by atoms with Crippen molar-refractivity contribution < 1.29 is 23.9 Å². The van der Waals surface area contributed by atoms with Crippen LogP contribution in [0.25, 0.3) is 0 Å². The molecular formula is C19H26N2O5. The van der Waals surface area contributed by atoms with E-state index in [2.05, 4.69) is 5.32 Å². The van der Waals surface area contributed by atoms with E-state index in [1.165, 1.54) is 7.11 Å². The van der Waals surface area contributed by atoms with E-state index in [0.717, 1.165) is 12.8 Å². The number of benzene rings is 1. The second-order valence-corrected chi connectivity index (χ2v) is 7.26. The number of carbonyl (C=O) groups excluding carboxylic acids is 3. The first-order chi connectivity index (χ1) is 12.2. The highest BCUT2D eigenvalue weighted by atomic mass is 16.5. The average Bonchev–Trinajstić information content (AvgIpc) is 2.59. The number of nitrogens with zero attached hydrogens (tertiary/aromatic N) is 1. The summed E-state index contributed by atoms with van der Waals surface area (Å²) in [5, 5.41) is 2.67. The first kappa shape index (κ1) is 19.8. The molecule has 1 aromatic carbocycles. The van der Waals surface area contributed by atoms with Crippen molar-refractivity contribution in [2.45, 2.75) is 40.0 Å². The summed E-state index contributed by atoms with van der Waals surface area (Å²) in [7, 11) is 1.52. The van der Waals surface area contributed by atoms with Crippen molar-refractivity contribution in [1.29, 1.82) is 0 Å². The zero-order chi connectivity index (χ0) is 19.3. The van der Waals surface area contributed by atoms with Crippen LogP contribution >= 0.6 is 0 Å². The molecule has 142 valence electrons. The number of rotatable bonds is 5. The van der Waals surface area contributed by atoms with Crippen LogP contribution in [0.5, 0.6) is 5.75 Å². The van der Waals surface area contributed by atoms with Gasteiger partial charge in [-0.15, -0.1) is 0 Å². The molecule has 1 heterocycles. The number of anilines is 2. The maximum absolute atomic E-state index is 12.1. The van der Waals surface area contributed by atoms with Crippen LogP contribution in [0.3, 0.4) is 0 Å². The van der Waals surface area contributed by atoms with Gasteiger partial charge in [-0.1, -0.05) is 0 Å². The van der Waals surface area contributed by atoms with Gasteiger partial charge in [0.2, 0.25) is 5.91 Å². The number of nitrogens with one attached hydrogen (secondary N) is 1. The zero-order valence-corrected chi connectivity index (χ0v) is 15.8. The van der Waals surface area contributed by atoms with Crippen molar-refractivity contribution in [2.24, 2.45) is 5.41 Å². The minimum atomic E-state index is -0.661. The quantitative estimate of drug-likeness (QED) is 0.814. The van der Waals surface area contributed by atoms with E-state index < -0.39 is 17.3 Å². The predicted molar refractivity (Wildman–Crippen MR) is 98.2 cm³/mol. The Morgan fingerprint density at radius 2 is 1.96 bits per heavy atom. The molecule has 0 spiro atoms. The smallest absolute Gasteiger partial charge is 0.311 e. The van der Waals surface area contributed by atoms with Gasteiger partial charge in [-0.25, -0.2) is 0 Å². The van der Waals surface area contributed by atoms with Crippen molar-refractivity contribution in [3.63, 3.8) is 0 Å². The van der Waals surface area contributed by atoms with E-state index in [9.17, 15) is 14.4 Å². The Bertz CT molecular complexity index is 694. The number of carbonyl (C=O) groups is 3. The lowest BCUT2D eigenvalue weighted by atomic mass is 9.97. The fraction of sp³-hybridized carbons (Fsp3) is 0.526. The zero-order valence-electron chi connectivity index (χ0n) is 15.8. The molecule has 7 nitrogen and oxygen atoms in total. The van der Waals surface area contributed by atoms with Crippen molar-refractivity contribution >= 4 is 29.2 Å². The number of hydrogen-bond donors (Lipinski definition) is 1. The molecule has 0 bridgehead atoms. The van der Waals surface area contributed by atoms with Gasteiger partial charge in [0.15, 0.2) is 6.61 Å². The Kier molecular flexibility index (Phi) is 6.23. The lowest BCUT2D eigenvalue weighted by Gasteiger charge is -2.28. The van der Waals surface area contributed by atoms with Gasteiger partial charge in [0.1, 0.15) is 5.75 Å². The molecule has 7 heteroatoms. The third-order valence-corrected chi connectivity index (χ3v) is 4.02. The highest BCUT2D eigenvalue weighted by molar-refractivity contribution is 5.97. The summed E-state index contributed by atoms with van der Waals surface area (Å²) in [6.07, 6.45) is 2.38. The van der Waals surface area contributed by atoms with E-state index in [-0.39, 0.29) is 12.5 Å². The first-order valence-electron chi connectivity index (χ1n) is 8.68. The molecule has 0 atom stereocenters. The minimum Gasteiger partial charge on any atom is -0.494 e. The van der Waals surface area contributed by atoms with Gasteiger partial charge in [0.25, 0.3) is 5.91 Å². The third-order valence-electron chi connectivity index (χ3n) is 4.02. The first-order valence-corrected chi connectivity index (χ1v) is 8.68. The molecule has 2 rings (SSSR count). The molecule has 0 aliphatic carbocycles. The average molecular weight is 362 g/mol. The Hall–Kier alpha value is -2.57. The summed E-state index contributed by atoms with van der Waals surface area (Å²) in [4.78, 5) is 37.5. The number of hydrogen-bond acceptors (Lipinski definition) is 5. The molecule has 1 aromatic rings. The Morgan fingerprint density at radius 3 is 2.58 bits per heavy atom. The second-order valence-electron chi connectivity index (χ2n) is 7.26. The molecule has 2 amide bonds. The molecule has 0 saturated carbocycles. The highest BCUT2D eigenvalue weighted by Crippen LogP contribution is 2.33. The molecule has 0 radical (unpaired) electrons. The minimum absolute atomic E-state index is 0.0698. The van der Waals surface area contributed by atoms with E-state index >= 15 is 0 Å². The van der Waals surface area contributed by atoms with Gasteiger partial charge in [-0.2, -0.15) is 0 Å². The van der Waals surface area contributed by atoms with Crippen molar-refractivity contribution in [2.75, 3.05) is 30.5 Å². The van der Waals surface area contributed by atoms with Crippen LogP contribution in [0.2, 0.25) is 0 Å². The Morgan fingerprint density at radius 1 is 1.23 bits per heavy atom. The van der Waals surface area contributed by atoms with Crippen LogP contribution in [-0.2, 0) is 19.1 Å². The standard InChI is InChI=1S/C19H26N2O5/c1-19(2,3)18(24)26-12-16(22)20-13-8-9-14(15(11-13)25-4)21-10-6-5-7-17(21)23/h8-9,11H,5-7,10,12H2,1-4H3,(H,20,22). The van der Waals surface area contributed by atoms with E-state index in [0.29, 0.717) is 30.1 Å². The molecular weight excluding hydrogens is 336 g/mol. The third kappa shape index (κ3) is 4.97. The fourth-order valence-corrected chi connectivity index (χ4v) is 2.58. The summed E-state index contributed by atoms with van der Waals surface area (Å²) >= 11 is 0. The Balaban J connectivity index is 2.03. The van der Waals surface area contributed by atoms with Crippen LogP contribution in [0.15, 0.2) is 18.2 Å². The van der Waals surface area contributed by atoms with E-state index in [4.69, 9.17) is 9.47 Å². The second kappa shape index (κ2) is 8.21. The SMILES string of the molecule is COc1cc(NC(=O)COC(=O)C(C)(C)C)ccc1N1CCCCC1=O. The summed E-state index contributed by atoms with van der Waals surface area (Å²) in [5.41, 5.74) is 0.535. The summed E-state index contributed by atoms with van der Waals surface area (Å²) < 4.78 is 10.4. The van der Waals surface area contributed by atoms with E-state index in [1.807, 2.05) is 0 Å². The van der Waals surface area contributed by atoms with Gasteiger partial charge in [-0.05, 0) is 45.7 Å². The summed E-state index contributed by atoms with van der Waals surface area (Å²) in [6.45, 7) is 5.46. The largest absolute Gasteiger partial charge is 0.494 e. The molecule has 1 N–H and O–H groups in total. The number of amides is 2. The number of piperidine rings is 1. The molecule has 1 aliphatic heterocycles. The Labute approximate surface area is 153 Å².